The average molecular weight is 218 g/mol. The fourth-order valence-electron chi connectivity index (χ4n) is 2.69. The van der Waals surface area contributed by atoms with Crippen molar-refractivity contribution >= 4 is 0 Å². The maximum atomic E-state index is 10.4. The number of aryl methyl sites for hydroxylation is 1. The van der Waals surface area contributed by atoms with Gasteiger partial charge in [0, 0.05) is 6.42 Å². The molecular formula is C15H22O. The normalized spacial score (nSPS) is 29.2. The van der Waals surface area contributed by atoms with Gasteiger partial charge in [-0.15, -0.1) is 0 Å². The van der Waals surface area contributed by atoms with Crippen LogP contribution in [0.3, 0.4) is 0 Å². The van der Waals surface area contributed by atoms with E-state index in [9.17, 15) is 5.11 Å². The number of aliphatic hydroxyl groups is 1. The van der Waals surface area contributed by atoms with E-state index in [1.54, 1.807) is 0 Å². The predicted octanol–water partition coefficient (Wildman–Crippen LogP) is 3.33. The highest BCUT2D eigenvalue weighted by Gasteiger charge is 2.43. The van der Waals surface area contributed by atoms with Gasteiger partial charge < -0.3 is 5.11 Å². The summed E-state index contributed by atoms with van der Waals surface area (Å²) in [7, 11) is 0. The second kappa shape index (κ2) is 4.21. The van der Waals surface area contributed by atoms with Gasteiger partial charge in [0.1, 0.15) is 0 Å². The molecule has 1 N–H and O–H groups in total. The zero-order valence-electron chi connectivity index (χ0n) is 10.5. The topological polar surface area (TPSA) is 20.2 Å². The fraction of sp³-hybridized carbons (Fsp3) is 0.600. The van der Waals surface area contributed by atoms with E-state index in [-0.39, 0.29) is 0 Å². The first-order valence-electron chi connectivity index (χ1n) is 6.27. The van der Waals surface area contributed by atoms with Gasteiger partial charge in [-0.05, 0) is 42.7 Å². The third-order valence-electron chi connectivity index (χ3n) is 4.01. The highest BCUT2D eigenvalue weighted by atomic mass is 16.3. The Balaban J connectivity index is 1.99. The summed E-state index contributed by atoms with van der Waals surface area (Å²) in [5.74, 6) is 1.42. The van der Waals surface area contributed by atoms with Crippen LogP contribution in [0.1, 0.15) is 37.8 Å². The summed E-state index contributed by atoms with van der Waals surface area (Å²) < 4.78 is 0. The van der Waals surface area contributed by atoms with Crippen LogP contribution in [0.15, 0.2) is 24.3 Å². The molecule has 88 valence electrons. The van der Waals surface area contributed by atoms with Crippen molar-refractivity contribution in [1.82, 2.24) is 0 Å². The molecule has 1 aliphatic carbocycles. The first-order chi connectivity index (χ1) is 7.50. The quantitative estimate of drug-likeness (QED) is 0.825. The lowest BCUT2D eigenvalue weighted by Gasteiger charge is -2.46. The van der Waals surface area contributed by atoms with Crippen LogP contribution in [-0.4, -0.2) is 10.7 Å². The molecule has 2 rings (SSSR count). The van der Waals surface area contributed by atoms with Crippen molar-refractivity contribution in [3.63, 3.8) is 0 Å². The third kappa shape index (κ3) is 2.30. The van der Waals surface area contributed by atoms with E-state index >= 15 is 0 Å². The number of hydrogen-bond donors (Lipinski definition) is 1. The Morgan fingerprint density at radius 3 is 2.50 bits per heavy atom. The SMILES string of the molecule is Cc1ccccc1CC1(O)CC(C(C)C)C1. The van der Waals surface area contributed by atoms with E-state index in [0.717, 1.165) is 19.3 Å². The lowest BCUT2D eigenvalue weighted by molar-refractivity contribution is -0.0861. The summed E-state index contributed by atoms with van der Waals surface area (Å²) in [6, 6.07) is 8.37. The molecule has 0 aromatic heterocycles. The summed E-state index contributed by atoms with van der Waals surface area (Å²) in [6.07, 6.45) is 2.76. The van der Waals surface area contributed by atoms with Crippen LogP contribution < -0.4 is 0 Å². The molecule has 1 heteroatoms. The standard InChI is InChI=1S/C15H22O/c1-11(2)14-9-15(16,10-14)8-13-7-5-4-6-12(13)3/h4-7,11,14,16H,8-10H2,1-3H3. The largest absolute Gasteiger partial charge is 0.390 e. The minimum atomic E-state index is -0.430. The molecule has 1 fully saturated rings. The molecule has 0 atom stereocenters. The molecule has 16 heavy (non-hydrogen) atoms. The van der Waals surface area contributed by atoms with Gasteiger partial charge in [0.25, 0.3) is 0 Å². The highest BCUT2D eigenvalue weighted by Crippen LogP contribution is 2.44. The lowest BCUT2D eigenvalue weighted by atomic mass is 9.64. The van der Waals surface area contributed by atoms with E-state index in [0.29, 0.717) is 11.8 Å². The van der Waals surface area contributed by atoms with Gasteiger partial charge >= 0.3 is 0 Å². The summed E-state index contributed by atoms with van der Waals surface area (Å²) in [5, 5.41) is 10.4. The Hall–Kier alpha value is -0.820. The molecule has 1 aromatic rings. The van der Waals surface area contributed by atoms with E-state index in [2.05, 4.69) is 45.0 Å². The number of hydrogen-bond acceptors (Lipinski definition) is 1. The van der Waals surface area contributed by atoms with Gasteiger partial charge in [0.2, 0.25) is 0 Å². The van der Waals surface area contributed by atoms with Crippen molar-refractivity contribution in [1.29, 1.82) is 0 Å². The molecule has 0 saturated heterocycles. The van der Waals surface area contributed by atoms with Gasteiger partial charge in [-0.3, -0.25) is 0 Å². The summed E-state index contributed by atoms with van der Waals surface area (Å²) in [6.45, 7) is 6.62. The molecule has 0 radical (unpaired) electrons. The van der Waals surface area contributed by atoms with Crippen LogP contribution in [0.4, 0.5) is 0 Å². The summed E-state index contributed by atoms with van der Waals surface area (Å²) >= 11 is 0. The number of benzene rings is 1. The minimum Gasteiger partial charge on any atom is -0.390 e. The average Bonchev–Trinajstić information content (AvgIpc) is 2.17. The van der Waals surface area contributed by atoms with Crippen molar-refractivity contribution in [3.05, 3.63) is 35.4 Å². The van der Waals surface area contributed by atoms with Crippen molar-refractivity contribution in [2.75, 3.05) is 0 Å². The van der Waals surface area contributed by atoms with Gasteiger partial charge in [0.15, 0.2) is 0 Å². The minimum absolute atomic E-state index is 0.430. The maximum absolute atomic E-state index is 10.4. The summed E-state index contributed by atoms with van der Waals surface area (Å²) in [4.78, 5) is 0. The van der Waals surface area contributed by atoms with Crippen molar-refractivity contribution in [2.24, 2.45) is 11.8 Å². The Bertz CT molecular complexity index is 361. The van der Waals surface area contributed by atoms with Crippen LogP contribution in [0.5, 0.6) is 0 Å². The van der Waals surface area contributed by atoms with Crippen molar-refractivity contribution in [2.45, 2.75) is 45.6 Å². The molecule has 0 spiro atoms. The molecule has 1 aliphatic rings. The smallest absolute Gasteiger partial charge is 0.0693 e. The second-order valence-corrected chi connectivity index (χ2v) is 5.74. The first kappa shape index (κ1) is 11.7. The van der Waals surface area contributed by atoms with Crippen molar-refractivity contribution < 1.29 is 5.11 Å². The lowest BCUT2D eigenvalue weighted by Crippen LogP contribution is -2.47. The van der Waals surface area contributed by atoms with Gasteiger partial charge in [-0.25, -0.2) is 0 Å². The zero-order valence-corrected chi connectivity index (χ0v) is 10.5. The van der Waals surface area contributed by atoms with Crippen molar-refractivity contribution in [3.8, 4) is 0 Å². The molecule has 1 nitrogen and oxygen atoms in total. The van der Waals surface area contributed by atoms with E-state index < -0.39 is 5.60 Å². The Morgan fingerprint density at radius 2 is 1.94 bits per heavy atom. The van der Waals surface area contributed by atoms with Crippen LogP contribution >= 0.6 is 0 Å². The van der Waals surface area contributed by atoms with Crippen LogP contribution in [0.25, 0.3) is 0 Å². The van der Waals surface area contributed by atoms with Gasteiger partial charge in [0.05, 0.1) is 5.60 Å². The van der Waals surface area contributed by atoms with Gasteiger partial charge in [-0.1, -0.05) is 38.1 Å². The molecule has 0 unspecified atom stereocenters. The first-order valence-corrected chi connectivity index (χ1v) is 6.27. The van der Waals surface area contributed by atoms with E-state index in [1.165, 1.54) is 11.1 Å². The molecule has 0 bridgehead atoms. The second-order valence-electron chi connectivity index (χ2n) is 5.74. The molecule has 1 aromatic carbocycles. The Labute approximate surface area is 98.5 Å². The van der Waals surface area contributed by atoms with Crippen LogP contribution in [0.2, 0.25) is 0 Å². The maximum Gasteiger partial charge on any atom is 0.0693 e. The molecule has 0 heterocycles. The zero-order chi connectivity index (χ0) is 11.8. The van der Waals surface area contributed by atoms with Gasteiger partial charge in [-0.2, -0.15) is 0 Å². The Morgan fingerprint density at radius 1 is 1.31 bits per heavy atom. The molecule has 0 amide bonds. The van der Waals surface area contributed by atoms with E-state index in [4.69, 9.17) is 0 Å². The molecule has 1 saturated carbocycles. The third-order valence-corrected chi connectivity index (χ3v) is 4.01. The predicted molar refractivity (Wildman–Crippen MR) is 67.4 cm³/mol. The highest BCUT2D eigenvalue weighted by molar-refractivity contribution is 5.27. The number of rotatable bonds is 3. The van der Waals surface area contributed by atoms with Crippen LogP contribution in [-0.2, 0) is 6.42 Å². The summed E-state index contributed by atoms with van der Waals surface area (Å²) in [5.41, 5.74) is 2.16. The Kier molecular flexibility index (Phi) is 3.07. The van der Waals surface area contributed by atoms with E-state index in [1.807, 2.05) is 0 Å². The van der Waals surface area contributed by atoms with Crippen LogP contribution in [0, 0.1) is 18.8 Å². The fourth-order valence-corrected chi connectivity index (χ4v) is 2.69. The monoisotopic (exact) mass is 218 g/mol. The molecular weight excluding hydrogens is 196 g/mol. The molecule has 0 aliphatic heterocycles.